The lowest BCUT2D eigenvalue weighted by Gasteiger charge is -2.50. The molecule has 5 atom stereocenters. The number of fused-ring (bicyclic) bond motifs is 3. The van der Waals surface area contributed by atoms with Gasteiger partial charge in [-0.1, -0.05) is 0 Å². The summed E-state index contributed by atoms with van der Waals surface area (Å²) < 4.78 is 5.92. The van der Waals surface area contributed by atoms with Gasteiger partial charge in [-0.3, -0.25) is 24.2 Å². The number of aliphatic hydroxyl groups excluding tert-OH is 2. The molecule has 6 rings (SSSR count). The first kappa shape index (κ1) is 27.7. The smallest absolute Gasteiger partial charge is 0.255 e. The minimum Gasteiger partial charge on any atom is -0.510 e. The van der Waals surface area contributed by atoms with E-state index in [1.807, 2.05) is 0 Å². The molecule has 6 N–H and O–H groups in total. The molecule has 2 fully saturated rings. The number of nitrogens with zero attached hydrogens (tertiary/aromatic N) is 2. The van der Waals surface area contributed by atoms with E-state index in [4.69, 9.17) is 10.5 Å². The number of likely N-dealkylation sites (tertiary alicyclic amines) is 1. The molecule has 0 spiro atoms. The zero-order valence-corrected chi connectivity index (χ0v) is 23.5. The molecule has 1 saturated heterocycles. The molecular formula is C30H37N3O8. The Morgan fingerprint density at radius 1 is 1.20 bits per heavy atom. The molecule has 1 aromatic carbocycles. The Bertz CT molecular complexity index is 1430. The van der Waals surface area contributed by atoms with E-state index >= 15 is 0 Å². The Kier molecular flexibility index (Phi) is 6.48. The lowest BCUT2D eigenvalue weighted by atomic mass is 9.58. The summed E-state index contributed by atoms with van der Waals surface area (Å²) in [4.78, 5) is 43.5. The van der Waals surface area contributed by atoms with E-state index < -0.39 is 58.0 Å². The average Bonchev–Trinajstić information content (AvgIpc) is 3.60. The highest BCUT2D eigenvalue weighted by Gasteiger charge is 2.63. The van der Waals surface area contributed by atoms with Crippen molar-refractivity contribution in [3.8, 4) is 11.5 Å². The number of nitrogens with two attached hydrogens (primary N) is 1. The van der Waals surface area contributed by atoms with Crippen molar-refractivity contribution in [3.05, 3.63) is 45.4 Å². The average molecular weight is 568 g/mol. The maximum atomic E-state index is 14.0. The number of allylic oxidation sites excluding steroid dienone is 1. The van der Waals surface area contributed by atoms with Gasteiger partial charge >= 0.3 is 0 Å². The van der Waals surface area contributed by atoms with Crippen LogP contribution in [-0.4, -0.2) is 93.6 Å². The van der Waals surface area contributed by atoms with Crippen LogP contribution in [0.25, 0.3) is 0 Å². The third-order valence-corrected chi connectivity index (χ3v) is 9.82. The first-order valence-corrected chi connectivity index (χ1v) is 14.2. The third kappa shape index (κ3) is 3.93. The minimum absolute atomic E-state index is 0.0295. The van der Waals surface area contributed by atoms with Gasteiger partial charge < -0.3 is 30.9 Å². The van der Waals surface area contributed by atoms with Crippen molar-refractivity contribution in [2.75, 3.05) is 34.3 Å². The Labute approximate surface area is 237 Å². The summed E-state index contributed by atoms with van der Waals surface area (Å²) in [6.07, 6.45) is 4.61. The second kappa shape index (κ2) is 9.57. The zero-order valence-electron chi connectivity index (χ0n) is 23.5. The molecule has 1 heterocycles. The molecule has 11 heteroatoms. The molecule has 1 saturated carbocycles. The van der Waals surface area contributed by atoms with Gasteiger partial charge in [0.15, 0.2) is 11.4 Å². The van der Waals surface area contributed by atoms with Crippen molar-refractivity contribution in [2.45, 2.75) is 56.2 Å². The lowest BCUT2D eigenvalue weighted by Crippen LogP contribution is -2.63. The minimum atomic E-state index is -2.66. The SMILES string of the molecule is COc1c(C2CCCN2CC2CC2)cc(O)c2c1C[C@H]1C[C@H]3[C@H](N(C)C)C(O)=C(C(N)=O)C(=O)[C@@]3(O)C(O)=C1C2=O. The number of ketones is 2. The summed E-state index contributed by atoms with van der Waals surface area (Å²) in [5.74, 6) is -5.40. The van der Waals surface area contributed by atoms with Crippen LogP contribution in [0.15, 0.2) is 28.7 Å². The number of carbonyl (C=O) groups is 3. The maximum Gasteiger partial charge on any atom is 0.255 e. The van der Waals surface area contributed by atoms with E-state index in [-0.39, 0.29) is 35.8 Å². The van der Waals surface area contributed by atoms with Crippen LogP contribution in [0.1, 0.15) is 59.6 Å². The highest BCUT2D eigenvalue weighted by atomic mass is 16.5. The fourth-order valence-corrected chi connectivity index (χ4v) is 7.84. The highest BCUT2D eigenvalue weighted by Crippen LogP contribution is 2.54. The number of aliphatic hydroxyl groups is 3. The maximum absolute atomic E-state index is 14.0. The number of hydrogen-bond acceptors (Lipinski definition) is 10. The van der Waals surface area contributed by atoms with Crippen LogP contribution in [-0.2, 0) is 16.0 Å². The number of likely N-dealkylation sites (N-methyl/N-ethyl adjacent to an activating group) is 1. The number of benzene rings is 1. The number of amides is 1. The van der Waals surface area contributed by atoms with E-state index in [1.165, 1.54) is 17.7 Å². The lowest BCUT2D eigenvalue weighted by molar-refractivity contribution is -0.148. The van der Waals surface area contributed by atoms with Crippen LogP contribution in [0.5, 0.6) is 11.5 Å². The van der Waals surface area contributed by atoms with Gasteiger partial charge in [-0.15, -0.1) is 0 Å². The number of phenols is 1. The van der Waals surface area contributed by atoms with E-state index in [2.05, 4.69) is 4.90 Å². The Morgan fingerprint density at radius 3 is 2.51 bits per heavy atom. The first-order chi connectivity index (χ1) is 19.4. The van der Waals surface area contributed by atoms with Gasteiger partial charge in [-0.25, -0.2) is 0 Å². The number of methoxy groups -OCH3 is 1. The summed E-state index contributed by atoms with van der Waals surface area (Å²) in [6.45, 7) is 1.94. The number of ether oxygens (including phenoxy) is 1. The molecule has 0 radical (unpaired) electrons. The number of primary amides is 1. The number of aromatic hydroxyl groups is 1. The van der Waals surface area contributed by atoms with Gasteiger partial charge in [0.2, 0.25) is 5.78 Å². The summed E-state index contributed by atoms with van der Waals surface area (Å²) in [7, 11) is 4.75. The van der Waals surface area contributed by atoms with E-state index in [9.17, 15) is 34.8 Å². The van der Waals surface area contributed by atoms with Gasteiger partial charge in [0.05, 0.1) is 18.7 Å². The normalized spacial score (nSPS) is 31.8. The van der Waals surface area contributed by atoms with Gasteiger partial charge in [0.1, 0.15) is 28.6 Å². The number of phenolic OH excluding ortho intramolecular Hbond substituents is 1. The summed E-state index contributed by atoms with van der Waals surface area (Å²) >= 11 is 0. The van der Waals surface area contributed by atoms with Gasteiger partial charge in [-0.2, -0.15) is 0 Å². The molecule has 1 aliphatic heterocycles. The highest BCUT2D eigenvalue weighted by molar-refractivity contribution is 6.24. The summed E-state index contributed by atoms with van der Waals surface area (Å²) in [6, 6.07) is 0.585. The fourth-order valence-electron chi connectivity index (χ4n) is 7.84. The number of carbonyl (C=O) groups excluding carboxylic acids is 3. The predicted octanol–water partition coefficient (Wildman–Crippen LogP) is 1.68. The van der Waals surface area contributed by atoms with E-state index in [0.29, 0.717) is 17.2 Å². The molecule has 41 heavy (non-hydrogen) atoms. The molecule has 1 amide bonds. The van der Waals surface area contributed by atoms with Crippen LogP contribution in [0, 0.1) is 17.8 Å². The monoisotopic (exact) mass is 567 g/mol. The number of rotatable bonds is 6. The van der Waals surface area contributed by atoms with Crippen molar-refractivity contribution < 1.29 is 39.5 Å². The largest absolute Gasteiger partial charge is 0.510 e. The molecule has 4 aliphatic carbocycles. The van der Waals surface area contributed by atoms with Crippen molar-refractivity contribution in [1.29, 1.82) is 0 Å². The van der Waals surface area contributed by atoms with Gasteiger partial charge in [0, 0.05) is 35.2 Å². The standard InChI is InChI=1S/C30H37N3O8/c1-32(2)23-17-10-14-9-16-21(24(35)20(14)27(37)30(17,40)28(38)22(25(23)36)29(31)39)19(34)11-15(26(16)41-3)18-5-4-8-33(18)12-13-6-7-13/h11,13-14,17-18,23,34,36-37,40H,4-10,12H2,1-3H3,(H2,31,39)/t14-,17-,18?,23-,30-/m0/s1. The topological polar surface area (TPSA) is 174 Å². The number of hydrogen-bond donors (Lipinski definition) is 5. The molecule has 220 valence electrons. The summed E-state index contributed by atoms with van der Waals surface area (Å²) in [5, 5.41) is 45.4. The van der Waals surface area contributed by atoms with E-state index in [1.54, 1.807) is 27.3 Å². The molecule has 11 nitrogen and oxygen atoms in total. The second-order valence-electron chi connectivity index (χ2n) is 12.4. The van der Waals surface area contributed by atoms with Crippen molar-refractivity contribution >= 4 is 17.5 Å². The number of Topliss-reactive ketones (excluding diaryl/α,β-unsaturated/α-hetero) is 2. The molecule has 5 aliphatic rings. The summed E-state index contributed by atoms with van der Waals surface area (Å²) in [5.41, 5.74) is 3.07. The fraction of sp³-hybridized carbons (Fsp3) is 0.567. The van der Waals surface area contributed by atoms with Crippen LogP contribution in [0.4, 0.5) is 0 Å². The van der Waals surface area contributed by atoms with Gasteiger partial charge in [0.25, 0.3) is 5.91 Å². The van der Waals surface area contributed by atoms with Crippen molar-refractivity contribution in [2.24, 2.45) is 23.5 Å². The Balaban J connectivity index is 1.48. The van der Waals surface area contributed by atoms with Crippen LogP contribution < -0.4 is 10.5 Å². The third-order valence-electron chi connectivity index (χ3n) is 9.82. The molecule has 0 bridgehead atoms. The Hall–Kier alpha value is -3.41. The quantitative estimate of drug-likeness (QED) is 0.318. The van der Waals surface area contributed by atoms with Crippen molar-refractivity contribution in [3.63, 3.8) is 0 Å². The first-order valence-electron chi connectivity index (χ1n) is 14.2. The molecule has 1 unspecified atom stereocenters. The molecular weight excluding hydrogens is 530 g/mol. The van der Waals surface area contributed by atoms with Gasteiger partial charge in [-0.05, 0) is 77.1 Å². The zero-order chi connectivity index (χ0) is 29.5. The Morgan fingerprint density at radius 2 is 1.90 bits per heavy atom. The van der Waals surface area contributed by atoms with E-state index in [0.717, 1.165) is 31.5 Å². The van der Waals surface area contributed by atoms with Crippen molar-refractivity contribution in [1.82, 2.24) is 9.80 Å². The predicted molar refractivity (Wildman–Crippen MR) is 146 cm³/mol. The molecule has 0 aromatic heterocycles. The van der Waals surface area contributed by atoms with Crippen LogP contribution in [0.3, 0.4) is 0 Å². The molecule has 1 aromatic rings. The second-order valence-corrected chi connectivity index (χ2v) is 12.4. The van der Waals surface area contributed by atoms with Crippen LogP contribution >= 0.6 is 0 Å². The van der Waals surface area contributed by atoms with Crippen LogP contribution in [0.2, 0.25) is 0 Å².